The number of methoxy groups -OCH3 is 3. The first kappa shape index (κ1) is 26.4. The van der Waals surface area contributed by atoms with Crippen molar-refractivity contribution in [3.63, 3.8) is 0 Å². The van der Waals surface area contributed by atoms with Crippen molar-refractivity contribution < 1.29 is 32.1 Å². The minimum Gasteiger partial charge on any atom is -0.493 e. The summed E-state index contributed by atoms with van der Waals surface area (Å²) < 4.78 is 61.5. The molecule has 0 unspecified atom stereocenters. The number of alkyl halides is 3. The number of ether oxygens (including phenoxy) is 4. The zero-order valence-corrected chi connectivity index (χ0v) is 21.4. The van der Waals surface area contributed by atoms with Crippen LogP contribution in [-0.4, -0.2) is 44.5 Å². The van der Waals surface area contributed by atoms with Crippen LogP contribution in [0.2, 0.25) is 0 Å². The Bertz CT molecular complexity index is 1250. The number of anilines is 1. The Hall–Kier alpha value is -3.66. The number of nitrogens with zero attached hydrogens (tertiary/aromatic N) is 1. The SMILES string of the molecule is COc1cc2c(cc1OC)[C@@H](COc1ccccc1OC)N(C(=S)Nc1ccc(C(F)(F)F)cc1)CC2. The van der Waals surface area contributed by atoms with Crippen LogP contribution in [0.25, 0.3) is 0 Å². The average molecular weight is 533 g/mol. The molecule has 0 spiro atoms. The monoisotopic (exact) mass is 532 g/mol. The highest BCUT2D eigenvalue weighted by Gasteiger charge is 2.32. The second-order valence-corrected chi connectivity index (χ2v) is 8.72. The Morgan fingerprint density at radius 2 is 1.54 bits per heavy atom. The summed E-state index contributed by atoms with van der Waals surface area (Å²) in [6.07, 6.45) is -3.73. The second-order valence-electron chi connectivity index (χ2n) is 8.33. The van der Waals surface area contributed by atoms with E-state index in [9.17, 15) is 13.2 Å². The van der Waals surface area contributed by atoms with Crippen molar-refractivity contribution in [3.05, 3.63) is 77.4 Å². The van der Waals surface area contributed by atoms with E-state index in [0.717, 1.165) is 23.3 Å². The minimum absolute atomic E-state index is 0.234. The largest absolute Gasteiger partial charge is 0.493 e. The number of hydrogen-bond donors (Lipinski definition) is 1. The highest BCUT2D eigenvalue weighted by atomic mass is 32.1. The van der Waals surface area contributed by atoms with Crippen LogP contribution < -0.4 is 24.3 Å². The van der Waals surface area contributed by atoms with Gasteiger partial charge in [0.25, 0.3) is 0 Å². The molecular weight excluding hydrogens is 505 g/mol. The summed E-state index contributed by atoms with van der Waals surface area (Å²) in [5.41, 5.74) is 1.76. The number of thiocarbonyl (C=S) groups is 1. The summed E-state index contributed by atoms with van der Waals surface area (Å²) in [6.45, 7) is 0.798. The zero-order chi connectivity index (χ0) is 26.6. The van der Waals surface area contributed by atoms with E-state index in [2.05, 4.69) is 5.32 Å². The molecular formula is C27H27F3N2O4S. The van der Waals surface area contributed by atoms with Crippen LogP contribution in [0.1, 0.15) is 22.7 Å². The van der Waals surface area contributed by atoms with Crippen molar-refractivity contribution in [1.29, 1.82) is 0 Å². The Labute approximate surface area is 218 Å². The van der Waals surface area contributed by atoms with E-state index in [1.807, 2.05) is 41.3 Å². The maximum Gasteiger partial charge on any atom is 0.416 e. The molecule has 0 bridgehead atoms. The molecule has 10 heteroatoms. The third kappa shape index (κ3) is 5.85. The molecule has 0 radical (unpaired) electrons. The van der Waals surface area contributed by atoms with Crippen molar-refractivity contribution in [2.45, 2.75) is 18.6 Å². The molecule has 0 aliphatic carbocycles. The van der Waals surface area contributed by atoms with Crippen LogP contribution in [0.4, 0.5) is 18.9 Å². The Morgan fingerprint density at radius 1 is 0.919 bits per heavy atom. The van der Waals surface area contributed by atoms with Gasteiger partial charge in [0, 0.05) is 12.2 Å². The maximum absolute atomic E-state index is 13.0. The van der Waals surface area contributed by atoms with Crippen molar-refractivity contribution in [3.8, 4) is 23.0 Å². The number of nitrogens with one attached hydrogen (secondary N) is 1. The smallest absolute Gasteiger partial charge is 0.416 e. The van der Waals surface area contributed by atoms with E-state index >= 15 is 0 Å². The van der Waals surface area contributed by atoms with Crippen molar-refractivity contribution in [2.24, 2.45) is 0 Å². The number of hydrogen-bond acceptors (Lipinski definition) is 5. The van der Waals surface area contributed by atoms with Gasteiger partial charge < -0.3 is 29.2 Å². The highest BCUT2D eigenvalue weighted by Crippen LogP contribution is 2.39. The first-order valence-electron chi connectivity index (χ1n) is 11.5. The average Bonchev–Trinajstić information content (AvgIpc) is 2.90. The summed E-state index contributed by atoms with van der Waals surface area (Å²) >= 11 is 5.71. The third-order valence-corrected chi connectivity index (χ3v) is 6.53. The van der Waals surface area contributed by atoms with Crippen LogP contribution in [-0.2, 0) is 12.6 Å². The van der Waals surface area contributed by atoms with Crippen LogP contribution in [0.3, 0.4) is 0 Å². The fraction of sp³-hybridized carbons (Fsp3) is 0.296. The minimum atomic E-state index is -4.41. The molecule has 1 atom stereocenters. The van der Waals surface area contributed by atoms with Crippen LogP contribution in [0.15, 0.2) is 60.7 Å². The van der Waals surface area contributed by atoms with E-state index in [4.69, 9.17) is 31.2 Å². The molecule has 0 saturated heterocycles. The van der Waals surface area contributed by atoms with Gasteiger partial charge in [-0.3, -0.25) is 0 Å². The standard InChI is InChI=1S/C27H27F3N2O4S/c1-33-22-6-4-5-7-23(22)36-16-21-20-15-25(35-3)24(34-2)14-17(20)12-13-32(21)26(37)31-19-10-8-18(9-11-19)27(28,29)30/h4-11,14-15,21H,12-13,16H2,1-3H3,(H,31,37)/t21-/m1/s1. The van der Waals surface area contributed by atoms with Gasteiger partial charge >= 0.3 is 6.18 Å². The Kier molecular flexibility index (Phi) is 7.97. The van der Waals surface area contributed by atoms with Gasteiger partial charge in [-0.2, -0.15) is 13.2 Å². The van der Waals surface area contributed by atoms with E-state index in [-0.39, 0.29) is 12.6 Å². The highest BCUT2D eigenvalue weighted by molar-refractivity contribution is 7.80. The number of benzene rings is 3. The zero-order valence-electron chi connectivity index (χ0n) is 20.6. The van der Waals surface area contributed by atoms with Crippen LogP contribution in [0.5, 0.6) is 23.0 Å². The molecule has 0 saturated carbocycles. The Morgan fingerprint density at radius 3 is 2.16 bits per heavy atom. The molecule has 1 heterocycles. The fourth-order valence-electron chi connectivity index (χ4n) is 4.30. The normalized spacial score (nSPS) is 15.0. The van der Waals surface area contributed by atoms with Crippen LogP contribution >= 0.6 is 12.2 Å². The van der Waals surface area contributed by atoms with Gasteiger partial charge in [0.2, 0.25) is 0 Å². The van der Waals surface area contributed by atoms with Gasteiger partial charge in [-0.15, -0.1) is 0 Å². The fourth-order valence-corrected chi connectivity index (χ4v) is 4.63. The molecule has 0 amide bonds. The lowest BCUT2D eigenvalue weighted by molar-refractivity contribution is -0.137. The van der Waals surface area contributed by atoms with E-state index in [1.165, 1.54) is 12.1 Å². The van der Waals surface area contributed by atoms with Crippen LogP contribution in [0, 0.1) is 0 Å². The van der Waals surface area contributed by atoms with Gasteiger partial charge in [-0.25, -0.2) is 0 Å². The van der Waals surface area contributed by atoms with Gasteiger partial charge in [0.15, 0.2) is 28.1 Å². The quantitative estimate of drug-likeness (QED) is 0.369. The van der Waals surface area contributed by atoms with E-state index in [0.29, 0.717) is 46.8 Å². The predicted octanol–water partition coefficient (Wildman–Crippen LogP) is 6.11. The van der Waals surface area contributed by atoms with Gasteiger partial charge in [0.05, 0.1) is 32.9 Å². The summed E-state index contributed by atoms with van der Waals surface area (Å²) in [6, 6.07) is 15.7. The molecule has 37 heavy (non-hydrogen) atoms. The van der Waals surface area contributed by atoms with Crippen molar-refractivity contribution >= 4 is 23.0 Å². The van der Waals surface area contributed by atoms with Gasteiger partial charge in [-0.1, -0.05) is 12.1 Å². The number of fused-ring (bicyclic) bond motifs is 1. The second kappa shape index (κ2) is 11.2. The number of para-hydroxylation sites is 2. The molecule has 4 rings (SSSR count). The lowest BCUT2D eigenvalue weighted by atomic mass is 9.92. The lowest BCUT2D eigenvalue weighted by Crippen LogP contribution is -2.44. The summed E-state index contributed by atoms with van der Waals surface area (Å²) in [7, 11) is 4.73. The van der Waals surface area contributed by atoms with E-state index < -0.39 is 11.7 Å². The molecule has 3 aromatic carbocycles. The topological polar surface area (TPSA) is 52.2 Å². The van der Waals surface area contributed by atoms with Crippen molar-refractivity contribution in [1.82, 2.24) is 4.90 Å². The maximum atomic E-state index is 13.0. The molecule has 1 N–H and O–H groups in total. The molecule has 0 fully saturated rings. The molecule has 1 aliphatic rings. The summed E-state index contributed by atoms with van der Waals surface area (Å²) in [4.78, 5) is 1.97. The van der Waals surface area contributed by atoms with Gasteiger partial charge in [0.1, 0.15) is 6.61 Å². The molecule has 3 aromatic rings. The Balaban J connectivity index is 1.63. The molecule has 0 aromatic heterocycles. The molecule has 196 valence electrons. The van der Waals surface area contributed by atoms with Gasteiger partial charge in [-0.05, 0) is 78.3 Å². The van der Waals surface area contributed by atoms with Crippen molar-refractivity contribution in [2.75, 3.05) is 39.8 Å². The predicted molar refractivity (Wildman–Crippen MR) is 139 cm³/mol. The first-order valence-corrected chi connectivity index (χ1v) is 11.9. The first-order chi connectivity index (χ1) is 17.7. The lowest BCUT2D eigenvalue weighted by Gasteiger charge is -2.39. The molecule has 6 nitrogen and oxygen atoms in total. The number of rotatable bonds is 7. The summed E-state index contributed by atoms with van der Waals surface area (Å²) in [5.74, 6) is 2.39. The van der Waals surface area contributed by atoms with E-state index in [1.54, 1.807) is 21.3 Å². The summed E-state index contributed by atoms with van der Waals surface area (Å²) in [5, 5.41) is 3.45. The third-order valence-electron chi connectivity index (χ3n) is 6.19. The molecule has 1 aliphatic heterocycles. The number of halogens is 3.